The van der Waals surface area contributed by atoms with Crippen molar-refractivity contribution in [2.75, 3.05) is 6.61 Å². The zero-order valence-corrected chi connectivity index (χ0v) is 12.9. The SMILES string of the molecule is CCOC(=O)Cc1nnc2cc(Oc3ccc(F)cc3)ccc2n1. The van der Waals surface area contributed by atoms with Gasteiger partial charge in [-0.3, -0.25) is 4.79 Å². The van der Waals surface area contributed by atoms with Crippen LogP contribution in [0.4, 0.5) is 4.39 Å². The Kier molecular flexibility index (Phi) is 4.60. The van der Waals surface area contributed by atoms with Crippen molar-refractivity contribution in [2.45, 2.75) is 13.3 Å². The highest BCUT2D eigenvalue weighted by molar-refractivity contribution is 5.76. The highest BCUT2D eigenvalue weighted by Crippen LogP contribution is 2.24. The number of esters is 1. The summed E-state index contributed by atoms with van der Waals surface area (Å²) >= 11 is 0. The Morgan fingerprint density at radius 3 is 2.54 bits per heavy atom. The molecule has 0 amide bonds. The summed E-state index contributed by atoms with van der Waals surface area (Å²) in [5.74, 6) is 0.618. The lowest BCUT2D eigenvalue weighted by Crippen LogP contribution is -2.11. The highest BCUT2D eigenvalue weighted by atomic mass is 19.1. The standard InChI is InChI=1S/C17H14FN3O3/c1-2-23-17(22)10-16-19-14-8-7-13(9-15(14)20-21-16)24-12-5-3-11(18)4-6-12/h3-9H,2,10H2,1H3. The van der Waals surface area contributed by atoms with E-state index in [1.807, 2.05) is 0 Å². The van der Waals surface area contributed by atoms with E-state index in [1.54, 1.807) is 25.1 Å². The first kappa shape index (κ1) is 15.8. The highest BCUT2D eigenvalue weighted by Gasteiger charge is 2.09. The normalized spacial score (nSPS) is 10.6. The zero-order chi connectivity index (χ0) is 16.9. The van der Waals surface area contributed by atoms with Gasteiger partial charge in [0.15, 0.2) is 5.82 Å². The van der Waals surface area contributed by atoms with Gasteiger partial charge in [0.1, 0.15) is 29.3 Å². The maximum absolute atomic E-state index is 12.9. The summed E-state index contributed by atoms with van der Waals surface area (Å²) in [6.45, 7) is 2.05. The van der Waals surface area contributed by atoms with Gasteiger partial charge in [0.05, 0.1) is 12.1 Å². The number of carbonyl (C=O) groups is 1. The number of carbonyl (C=O) groups excluding carboxylic acids is 1. The third kappa shape index (κ3) is 3.81. The molecule has 24 heavy (non-hydrogen) atoms. The Hall–Kier alpha value is -3.09. The van der Waals surface area contributed by atoms with Gasteiger partial charge in [-0.25, -0.2) is 9.37 Å². The first-order valence-corrected chi connectivity index (χ1v) is 7.36. The average Bonchev–Trinajstić information content (AvgIpc) is 2.57. The van der Waals surface area contributed by atoms with Crippen LogP contribution in [-0.2, 0) is 16.0 Å². The van der Waals surface area contributed by atoms with Crippen LogP contribution in [0.15, 0.2) is 42.5 Å². The number of ether oxygens (including phenoxy) is 2. The van der Waals surface area contributed by atoms with E-state index >= 15 is 0 Å². The lowest BCUT2D eigenvalue weighted by atomic mass is 10.3. The van der Waals surface area contributed by atoms with Crippen LogP contribution in [0.1, 0.15) is 12.7 Å². The van der Waals surface area contributed by atoms with Crippen LogP contribution in [0.25, 0.3) is 11.0 Å². The molecule has 1 heterocycles. The monoisotopic (exact) mass is 327 g/mol. The molecule has 0 N–H and O–H groups in total. The molecule has 3 aromatic rings. The van der Waals surface area contributed by atoms with E-state index in [-0.39, 0.29) is 12.2 Å². The molecule has 2 aromatic carbocycles. The summed E-state index contributed by atoms with van der Waals surface area (Å²) in [6, 6.07) is 10.8. The summed E-state index contributed by atoms with van der Waals surface area (Å²) in [4.78, 5) is 15.7. The van der Waals surface area contributed by atoms with Gasteiger partial charge in [0.2, 0.25) is 0 Å². The lowest BCUT2D eigenvalue weighted by Gasteiger charge is -2.06. The summed E-state index contributed by atoms with van der Waals surface area (Å²) in [7, 11) is 0. The van der Waals surface area contributed by atoms with Gasteiger partial charge in [-0.05, 0) is 43.3 Å². The van der Waals surface area contributed by atoms with Gasteiger partial charge in [-0.2, -0.15) is 0 Å². The van der Waals surface area contributed by atoms with Gasteiger partial charge in [0.25, 0.3) is 0 Å². The Balaban J connectivity index is 1.79. The summed E-state index contributed by atoms with van der Waals surface area (Å²) < 4.78 is 23.4. The first-order valence-electron chi connectivity index (χ1n) is 7.36. The maximum atomic E-state index is 12.9. The third-order valence-corrected chi connectivity index (χ3v) is 3.13. The molecule has 0 saturated carbocycles. The molecule has 0 fully saturated rings. The van der Waals surface area contributed by atoms with Crippen LogP contribution in [0.2, 0.25) is 0 Å². The van der Waals surface area contributed by atoms with Crippen LogP contribution in [0.3, 0.4) is 0 Å². The maximum Gasteiger partial charge on any atom is 0.313 e. The molecule has 0 aliphatic heterocycles. The number of halogens is 1. The molecule has 0 saturated heterocycles. The van der Waals surface area contributed by atoms with Crippen molar-refractivity contribution in [3.05, 3.63) is 54.1 Å². The molecule has 7 heteroatoms. The molecule has 3 rings (SSSR count). The van der Waals surface area contributed by atoms with Crippen molar-refractivity contribution >= 4 is 17.0 Å². The Morgan fingerprint density at radius 1 is 1.04 bits per heavy atom. The van der Waals surface area contributed by atoms with Crippen LogP contribution >= 0.6 is 0 Å². The minimum atomic E-state index is -0.394. The van der Waals surface area contributed by atoms with Crippen LogP contribution < -0.4 is 4.74 Å². The molecule has 0 aliphatic carbocycles. The molecule has 6 nitrogen and oxygen atoms in total. The second-order valence-electron chi connectivity index (χ2n) is 4.92. The van der Waals surface area contributed by atoms with Crippen LogP contribution in [0, 0.1) is 5.82 Å². The van der Waals surface area contributed by atoms with E-state index in [2.05, 4.69) is 15.2 Å². The first-order chi connectivity index (χ1) is 11.6. The fourth-order valence-corrected chi connectivity index (χ4v) is 2.07. The molecule has 0 atom stereocenters. The number of nitrogens with zero attached hydrogens (tertiary/aromatic N) is 3. The van der Waals surface area contributed by atoms with E-state index in [4.69, 9.17) is 9.47 Å². The van der Waals surface area contributed by atoms with E-state index in [0.29, 0.717) is 35.0 Å². The molecule has 0 unspecified atom stereocenters. The number of hydrogen-bond donors (Lipinski definition) is 0. The predicted octanol–water partition coefficient (Wildman–Crippen LogP) is 3.06. The van der Waals surface area contributed by atoms with Crippen LogP contribution in [-0.4, -0.2) is 27.8 Å². The minimum Gasteiger partial charge on any atom is -0.466 e. The van der Waals surface area contributed by atoms with Crippen molar-refractivity contribution in [2.24, 2.45) is 0 Å². The van der Waals surface area contributed by atoms with Crippen molar-refractivity contribution in [3.8, 4) is 11.5 Å². The van der Waals surface area contributed by atoms with Crippen molar-refractivity contribution in [1.29, 1.82) is 0 Å². The van der Waals surface area contributed by atoms with Gasteiger partial charge in [0, 0.05) is 6.07 Å². The number of aromatic nitrogens is 3. The van der Waals surface area contributed by atoms with Crippen molar-refractivity contribution in [3.63, 3.8) is 0 Å². The summed E-state index contributed by atoms with van der Waals surface area (Å²) in [5.41, 5.74) is 1.12. The molecule has 0 spiro atoms. The Labute approximate surface area is 137 Å². The molecule has 122 valence electrons. The third-order valence-electron chi connectivity index (χ3n) is 3.13. The quantitative estimate of drug-likeness (QED) is 0.671. The number of fused-ring (bicyclic) bond motifs is 1. The zero-order valence-electron chi connectivity index (χ0n) is 12.9. The topological polar surface area (TPSA) is 74.2 Å². The smallest absolute Gasteiger partial charge is 0.313 e. The summed E-state index contributed by atoms with van der Waals surface area (Å²) in [5, 5.41) is 7.97. The van der Waals surface area contributed by atoms with Gasteiger partial charge in [-0.1, -0.05) is 0 Å². The van der Waals surface area contributed by atoms with E-state index < -0.39 is 5.97 Å². The molecular weight excluding hydrogens is 313 g/mol. The fourth-order valence-electron chi connectivity index (χ4n) is 2.07. The van der Waals surface area contributed by atoms with E-state index in [1.165, 1.54) is 24.3 Å². The van der Waals surface area contributed by atoms with Crippen molar-refractivity contribution in [1.82, 2.24) is 15.2 Å². The van der Waals surface area contributed by atoms with Gasteiger partial charge >= 0.3 is 5.97 Å². The second kappa shape index (κ2) is 6.99. The number of hydrogen-bond acceptors (Lipinski definition) is 6. The van der Waals surface area contributed by atoms with E-state index in [9.17, 15) is 9.18 Å². The Morgan fingerprint density at radius 2 is 1.79 bits per heavy atom. The van der Waals surface area contributed by atoms with Crippen LogP contribution in [0.5, 0.6) is 11.5 Å². The van der Waals surface area contributed by atoms with E-state index in [0.717, 1.165) is 0 Å². The lowest BCUT2D eigenvalue weighted by molar-refractivity contribution is -0.142. The molecule has 0 aliphatic rings. The Bertz CT molecular complexity index is 869. The van der Waals surface area contributed by atoms with Gasteiger partial charge in [-0.15, -0.1) is 10.2 Å². The predicted molar refractivity (Wildman–Crippen MR) is 84.1 cm³/mol. The van der Waals surface area contributed by atoms with Gasteiger partial charge < -0.3 is 9.47 Å². The second-order valence-corrected chi connectivity index (χ2v) is 4.92. The molecule has 0 bridgehead atoms. The average molecular weight is 327 g/mol. The number of benzene rings is 2. The molecule has 0 radical (unpaired) electrons. The fraction of sp³-hybridized carbons (Fsp3) is 0.176. The minimum absolute atomic E-state index is 0.0232. The molecular formula is C17H14FN3O3. The largest absolute Gasteiger partial charge is 0.466 e. The number of rotatable bonds is 5. The summed E-state index contributed by atoms with van der Waals surface area (Å²) in [6.07, 6.45) is -0.0232. The molecule has 1 aromatic heterocycles. The van der Waals surface area contributed by atoms with Crippen molar-refractivity contribution < 1.29 is 18.7 Å².